The van der Waals surface area contributed by atoms with E-state index in [0.29, 0.717) is 18.1 Å². The maximum atomic E-state index is 11.5. The summed E-state index contributed by atoms with van der Waals surface area (Å²) in [6.45, 7) is 5.24. The molecule has 3 rings (SSSR count). The zero-order valence-electron chi connectivity index (χ0n) is 7.95. The van der Waals surface area contributed by atoms with Crippen molar-refractivity contribution in [3.05, 3.63) is 0 Å². The molecule has 0 amide bonds. The highest BCUT2D eigenvalue weighted by atomic mass is 16.5. The molecule has 2 bridgehead atoms. The number of carbonyl (C=O) groups excluding carboxylic acids is 1. The van der Waals surface area contributed by atoms with Gasteiger partial charge in [-0.25, -0.2) is 0 Å². The van der Waals surface area contributed by atoms with Crippen LogP contribution in [0.4, 0.5) is 0 Å². The van der Waals surface area contributed by atoms with Crippen LogP contribution < -0.4 is 0 Å². The highest BCUT2D eigenvalue weighted by Gasteiger charge is 2.56. The largest absolute Gasteiger partial charge is 0.362 e. The third kappa shape index (κ3) is 0.945. The van der Waals surface area contributed by atoms with Crippen molar-refractivity contribution in [3.8, 4) is 0 Å². The molecule has 13 heavy (non-hydrogen) atoms. The summed E-state index contributed by atoms with van der Waals surface area (Å²) in [6.07, 6.45) is 1.73. The van der Waals surface area contributed by atoms with E-state index >= 15 is 0 Å². The first-order valence-electron chi connectivity index (χ1n) is 5.12. The van der Waals surface area contributed by atoms with Gasteiger partial charge in [0.1, 0.15) is 6.10 Å². The SMILES string of the molecule is C[C@@H]1O[C@@]2(CC1=O)CN1CC[C@@H]2C1. The fourth-order valence-corrected chi connectivity index (χ4v) is 3.15. The van der Waals surface area contributed by atoms with Gasteiger partial charge in [-0.3, -0.25) is 4.79 Å². The number of hydrogen-bond donors (Lipinski definition) is 0. The first-order chi connectivity index (χ1) is 6.20. The smallest absolute Gasteiger partial charge is 0.164 e. The van der Waals surface area contributed by atoms with Gasteiger partial charge in [0.2, 0.25) is 0 Å². The van der Waals surface area contributed by atoms with E-state index in [1.807, 2.05) is 6.92 Å². The van der Waals surface area contributed by atoms with Crippen molar-refractivity contribution in [2.45, 2.75) is 31.5 Å². The van der Waals surface area contributed by atoms with Crippen molar-refractivity contribution >= 4 is 5.78 Å². The van der Waals surface area contributed by atoms with Crippen molar-refractivity contribution in [2.75, 3.05) is 19.6 Å². The van der Waals surface area contributed by atoms with Crippen LogP contribution in [-0.2, 0) is 9.53 Å². The van der Waals surface area contributed by atoms with Crippen LogP contribution >= 0.6 is 0 Å². The lowest BCUT2D eigenvalue weighted by molar-refractivity contribution is -0.122. The minimum Gasteiger partial charge on any atom is -0.362 e. The van der Waals surface area contributed by atoms with Gasteiger partial charge in [-0.15, -0.1) is 0 Å². The van der Waals surface area contributed by atoms with Gasteiger partial charge < -0.3 is 9.64 Å². The summed E-state index contributed by atoms with van der Waals surface area (Å²) >= 11 is 0. The number of nitrogens with zero attached hydrogens (tertiary/aromatic N) is 1. The highest BCUT2D eigenvalue weighted by Crippen LogP contribution is 2.45. The number of ether oxygens (including phenoxy) is 1. The molecule has 3 nitrogen and oxygen atoms in total. The van der Waals surface area contributed by atoms with E-state index in [1.54, 1.807) is 0 Å². The summed E-state index contributed by atoms with van der Waals surface area (Å²) < 4.78 is 5.86. The quantitative estimate of drug-likeness (QED) is 0.543. The second-order valence-electron chi connectivity index (χ2n) is 4.69. The highest BCUT2D eigenvalue weighted by molar-refractivity contribution is 5.85. The van der Waals surface area contributed by atoms with Crippen LogP contribution in [0.2, 0.25) is 0 Å². The number of rotatable bonds is 0. The molecule has 0 aromatic heterocycles. The molecule has 3 heterocycles. The summed E-state index contributed by atoms with van der Waals surface area (Å²) in [5.74, 6) is 0.926. The van der Waals surface area contributed by atoms with Crippen molar-refractivity contribution in [3.63, 3.8) is 0 Å². The fraction of sp³-hybridized carbons (Fsp3) is 0.900. The number of carbonyl (C=O) groups is 1. The van der Waals surface area contributed by atoms with Crippen LogP contribution in [0.15, 0.2) is 0 Å². The van der Waals surface area contributed by atoms with Crippen molar-refractivity contribution in [1.82, 2.24) is 4.90 Å². The molecule has 0 aromatic rings. The predicted octanol–water partition coefficient (Wildman–Crippen LogP) is 0.439. The number of hydrogen-bond acceptors (Lipinski definition) is 3. The Labute approximate surface area is 78.0 Å². The second kappa shape index (κ2) is 2.34. The molecule has 0 N–H and O–H groups in total. The van der Waals surface area contributed by atoms with Crippen LogP contribution in [0.1, 0.15) is 19.8 Å². The summed E-state index contributed by atoms with van der Waals surface area (Å²) in [5, 5.41) is 0. The monoisotopic (exact) mass is 181 g/mol. The number of Topliss-reactive ketones (excluding diaryl/α,β-unsaturated/α-hetero) is 1. The Morgan fingerprint density at radius 1 is 1.62 bits per heavy atom. The normalized spacial score (nSPS) is 53.9. The Morgan fingerprint density at radius 2 is 2.46 bits per heavy atom. The van der Waals surface area contributed by atoms with Gasteiger partial charge in [0.25, 0.3) is 0 Å². The number of fused-ring (bicyclic) bond motifs is 3. The molecule has 0 radical (unpaired) electrons. The first-order valence-corrected chi connectivity index (χ1v) is 5.12. The van der Waals surface area contributed by atoms with Crippen molar-refractivity contribution < 1.29 is 9.53 Å². The Morgan fingerprint density at radius 3 is 2.92 bits per heavy atom. The fourth-order valence-electron chi connectivity index (χ4n) is 3.15. The molecular formula is C10H15NO2. The van der Waals surface area contributed by atoms with Crippen molar-refractivity contribution in [1.29, 1.82) is 0 Å². The zero-order chi connectivity index (χ0) is 9.05. The van der Waals surface area contributed by atoms with Gasteiger partial charge in [0, 0.05) is 25.4 Å². The molecule has 3 fully saturated rings. The molecule has 1 unspecified atom stereocenters. The van der Waals surface area contributed by atoms with E-state index in [-0.39, 0.29) is 11.7 Å². The van der Waals surface area contributed by atoms with Gasteiger partial charge in [-0.05, 0) is 19.9 Å². The van der Waals surface area contributed by atoms with Crippen molar-refractivity contribution in [2.24, 2.45) is 5.92 Å². The molecular weight excluding hydrogens is 166 g/mol. The minimum atomic E-state index is -0.152. The molecule has 3 heteroatoms. The maximum absolute atomic E-state index is 11.5. The summed E-state index contributed by atoms with van der Waals surface area (Å²) in [7, 11) is 0. The van der Waals surface area contributed by atoms with E-state index in [9.17, 15) is 4.79 Å². The molecule has 0 aromatic carbocycles. The van der Waals surface area contributed by atoms with Crippen LogP contribution in [-0.4, -0.2) is 42.0 Å². The third-order valence-corrected chi connectivity index (χ3v) is 3.85. The Balaban J connectivity index is 1.88. The summed E-state index contributed by atoms with van der Waals surface area (Å²) in [4.78, 5) is 13.9. The summed E-state index contributed by atoms with van der Waals surface area (Å²) in [6, 6.07) is 0. The van der Waals surface area contributed by atoms with Crippen LogP contribution in [0.5, 0.6) is 0 Å². The first kappa shape index (κ1) is 7.94. The predicted molar refractivity (Wildman–Crippen MR) is 47.4 cm³/mol. The number of ketones is 1. The molecule has 3 aliphatic rings. The van der Waals surface area contributed by atoms with E-state index in [2.05, 4.69) is 4.90 Å². The van der Waals surface area contributed by atoms with Gasteiger partial charge in [-0.1, -0.05) is 0 Å². The van der Waals surface area contributed by atoms with Gasteiger partial charge in [0.15, 0.2) is 5.78 Å². The molecule has 1 spiro atoms. The minimum absolute atomic E-state index is 0.0747. The Bertz CT molecular complexity index is 266. The summed E-state index contributed by atoms with van der Waals surface area (Å²) in [5.41, 5.74) is -0.0747. The Kier molecular flexibility index (Phi) is 1.43. The van der Waals surface area contributed by atoms with E-state index in [1.165, 1.54) is 13.0 Å². The zero-order valence-corrected chi connectivity index (χ0v) is 7.95. The van der Waals surface area contributed by atoms with Crippen LogP contribution in [0, 0.1) is 5.92 Å². The van der Waals surface area contributed by atoms with E-state index in [0.717, 1.165) is 13.1 Å². The van der Waals surface area contributed by atoms with E-state index < -0.39 is 0 Å². The molecule has 3 aliphatic heterocycles. The lowest BCUT2D eigenvalue weighted by atomic mass is 9.85. The average molecular weight is 181 g/mol. The maximum Gasteiger partial charge on any atom is 0.164 e. The van der Waals surface area contributed by atoms with Gasteiger partial charge in [-0.2, -0.15) is 0 Å². The standard InChI is InChI=1S/C10H15NO2/c1-7-9(12)4-10(13-7)6-11-3-2-8(10)5-11/h7-8H,2-6H2,1H3/t7-,8+,10-/m0/s1. The van der Waals surface area contributed by atoms with Gasteiger partial charge >= 0.3 is 0 Å². The van der Waals surface area contributed by atoms with Gasteiger partial charge in [0.05, 0.1) is 5.60 Å². The Hall–Kier alpha value is -0.410. The number of piperidine rings is 1. The topological polar surface area (TPSA) is 29.5 Å². The lowest BCUT2D eigenvalue weighted by Crippen LogP contribution is -2.42. The molecule has 0 aliphatic carbocycles. The molecule has 3 saturated heterocycles. The molecule has 0 saturated carbocycles. The van der Waals surface area contributed by atoms with E-state index in [4.69, 9.17) is 4.74 Å². The molecule has 4 atom stereocenters. The molecule has 72 valence electrons. The van der Waals surface area contributed by atoms with Crippen LogP contribution in [0.25, 0.3) is 0 Å². The lowest BCUT2D eigenvalue weighted by Gasteiger charge is -2.32. The average Bonchev–Trinajstić information content (AvgIpc) is 2.68. The second-order valence-corrected chi connectivity index (χ2v) is 4.69. The van der Waals surface area contributed by atoms with Crippen LogP contribution in [0.3, 0.4) is 0 Å². The third-order valence-electron chi connectivity index (χ3n) is 3.85.